The summed E-state index contributed by atoms with van der Waals surface area (Å²) in [5.74, 6) is 0. The van der Waals surface area contributed by atoms with Crippen LogP contribution in [0.5, 0.6) is 0 Å². The zero-order valence-electron chi connectivity index (χ0n) is 11.6. The summed E-state index contributed by atoms with van der Waals surface area (Å²) in [7, 11) is 0. The second-order valence-corrected chi connectivity index (χ2v) is 5.05. The number of nitrogens with zero attached hydrogens (tertiary/aromatic N) is 1. The maximum absolute atomic E-state index is 11.9. The van der Waals surface area contributed by atoms with E-state index in [0.717, 1.165) is 37.1 Å². The molecule has 0 aromatic carbocycles. The molecule has 0 spiro atoms. The quantitative estimate of drug-likeness (QED) is 0.811. The number of pyridine rings is 2. The minimum Gasteiger partial charge on any atom is -0.377 e. The van der Waals surface area contributed by atoms with Crippen molar-refractivity contribution in [2.45, 2.75) is 18.9 Å². The van der Waals surface area contributed by atoms with Gasteiger partial charge in [-0.1, -0.05) is 0 Å². The molecule has 0 bridgehead atoms. The second kappa shape index (κ2) is 7.24. The van der Waals surface area contributed by atoms with Crippen LogP contribution in [-0.4, -0.2) is 29.1 Å². The van der Waals surface area contributed by atoms with Crippen molar-refractivity contribution < 1.29 is 0 Å². The average molecular weight is 307 g/mol. The lowest BCUT2D eigenvalue weighted by Gasteiger charge is -2.24. The van der Waals surface area contributed by atoms with Crippen LogP contribution in [-0.2, 0) is 0 Å². The monoisotopic (exact) mass is 306 g/mol. The van der Waals surface area contributed by atoms with Gasteiger partial charge in [0.2, 0.25) is 0 Å². The lowest BCUT2D eigenvalue weighted by Crippen LogP contribution is -2.39. The summed E-state index contributed by atoms with van der Waals surface area (Å²) >= 11 is 0. The van der Waals surface area contributed by atoms with Crippen LogP contribution in [0.25, 0.3) is 11.1 Å². The van der Waals surface area contributed by atoms with E-state index in [1.165, 1.54) is 0 Å². The third kappa shape index (κ3) is 3.83. The van der Waals surface area contributed by atoms with Gasteiger partial charge in [-0.15, -0.1) is 12.4 Å². The number of halogens is 1. The van der Waals surface area contributed by atoms with Crippen molar-refractivity contribution in [2.24, 2.45) is 0 Å². The van der Waals surface area contributed by atoms with E-state index in [4.69, 9.17) is 0 Å². The summed E-state index contributed by atoms with van der Waals surface area (Å²) in [4.78, 5) is 18.7. The molecule has 0 unspecified atom stereocenters. The van der Waals surface area contributed by atoms with Crippen molar-refractivity contribution in [3.8, 4) is 11.1 Å². The van der Waals surface area contributed by atoms with Crippen molar-refractivity contribution >= 4 is 18.1 Å². The highest BCUT2D eigenvalue weighted by molar-refractivity contribution is 5.85. The Morgan fingerprint density at radius 3 is 2.76 bits per heavy atom. The third-order valence-corrected chi connectivity index (χ3v) is 3.57. The Bertz CT molecular complexity index is 623. The first-order chi connectivity index (χ1) is 9.83. The highest BCUT2D eigenvalue weighted by Gasteiger charge is 2.14. The number of hydrogen-bond acceptors (Lipinski definition) is 4. The first kappa shape index (κ1) is 15.5. The summed E-state index contributed by atoms with van der Waals surface area (Å²) in [6.45, 7) is 1.96. The molecule has 21 heavy (non-hydrogen) atoms. The summed E-state index contributed by atoms with van der Waals surface area (Å²) in [5.41, 5.74) is 2.58. The van der Waals surface area contributed by atoms with Crippen LogP contribution in [0.2, 0.25) is 0 Å². The third-order valence-electron chi connectivity index (χ3n) is 3.57. The zero-order valence-corrected chi connectivity index (χ0v) is 12.5. The van der Waals surface area contributed by atoms with Gasteiger partial charge >= 0.3 is 0 Å². The van der Waals surface area contributed by atoms with Crippen molar-refractivity contribution in [1.29, 1.82) is 0 Å². The molecule has 1 aliphatic heterocycles. The Morgan fingerprint density at radius 2 is 2.05 bits per heavy atom. The Kier molecular flexibility index (Phi) is 5.36. The molecule has 1 saturated heterocycles. The normalized spacial score (nSPS) is 17.8. The van der Waals surface area contributed by atoms with E-state index in [1.807, 2.05) is 18.2 Å². The Hall–Kier alpha value is -1.85. The molecule has 0 saturated carbocycles. The number of piperidine rings is 1. The second-order valence-electron chi connectivity index (χ2n) is 5.05. The van der Waals surface area contributed by atoms with E-state index in [1.54, 1.807) is 18.6 Å². The molecule has 1 fully saturated rings. The molecule has 0 aliphatic carbocycles. The lowest BCUT2D eigenvalue weighted by atomic mass is 10.1. The van der Waals surface area contributed by atoms with Crippen LogP contribution in [0, 0.1) is 0 Å². The molecular weight excluding hydrogens is 288 g/mol. The zero-order chi connectivity index (χ0) is 13.8. The summed E-state index contributed by atoms with van der Waals surface area (Å²) < 4.78 is 0. The number of anilines is 1. The van der Waals surface area contributed by atoms with Gasteiger partial charge in [0, 0.05) is 36.7 Å². The van der Waals surface area contributed by atoms with Crippen molar-refractivity contribution in [3.05, 3.63) is 47.1 Å². The maximum atomic E-state index is 11.9. The van der Waals surface area contributed by atoms with Crippen LogP contribution in [0.3, 0.4) is 0 Å². The van der Waals surface area contributed by atoms with Gasteiger partial charge in [0.1, 0.15) is 5.69 Å². The standard InChI is InChI=1S/C15H18N4O.ClH/c20-15-14(19-13-2-1-5-17-10-13)8-12(9-18-15)11-3-6-16-7-4-11;/h3-4,6-9,13,17,19H,1-2,5,10H2,(H,18,20);1H/t13-;/m1./s1. The molecule has 6 heteroatoms. The van der Waals surface area contributed by atoms with Crippen LogP contribution in [0.4, 0.5) is 5.69 Å². The Labute approximate surface area is 129 Å². The van der Waals surface area contributed by atoms with Crippen LogP contribution >= 0.6 is 12.4 Å². The number of nitrogens with one attached hydrogen (secondary N) is 3. The van der Waals surface area contributed by atoms with Crippen LogP contribution in [0.15, 0.2) is 41.6 Å². The topological polar surface area (TPSA) is 69.8 Å². The molecule has 5 nitrogen and oxygen atoms in total. The highest BCUT2D eigenvalue weighted by atomic mass is 35.5. The predicted molar refractivity (Wildman–Crippen MR) is 87.1 cm³/mol. The van der Waals surface area contributed by atoms with Gasteiger partial charge in [-0.05, 0) is 43.1 Å². The number of aromatic amines is 1. The Balaban J connectivity index is 0.00000161. The van der Waals surface area contributed by atoms with Gasteiger partial charge < -0.3 is 15.6 Å². The molecular formula is C15H19ClN4O. The predicted octanol–water partition coefficient (Wildman–Crippen LogP) is 2.02. The molecule has 1 atom stereocenters. The van der Waals surface area contributed by atoms with E-state index >= 15 is 0 Å². The molecule has 112 valence electrons. The summed E-state index contributed by atoms with van der Waals surface area (Å²) in [6, 6.07) is 6.08. The number of rotatable bonds is 3. The van der Waals surface area contributed by atoms with Gasteiger partial charge in [0.05, 0.1) is 0 Å². The molecule has 2 aromatic heterocycles. The minimum absolute atomic E-state index is 0. The van der Waals surface area contributed by atoms with Crippen LogP contribution < -0.4 is 16.2 Å². The molecule has 2 aromatic rings. The number of H-pyrrole nitrogens is 1. The van der Waals surface area contributed by atoms with Crippen molar-refractivity contribution in [2.75, 3.05) is 18.4 Å². The smallest absolute Gasteiger partial charge is 0.271 e. The first-order valence-electron chi connectivity index (χ1n) is 6.93. The molecule has 3 heterocycles. The van der Waals surface area contributed by atoms with E-state index in [2.05, 4.69) is 20.6 Å². The largest absolute Gasteiger partial charge is 0.377 e. The van der Waals surface area contributed by atoms with Crippen molar-refractivity contribution in [1.82, 2.24) is 15.3 Å². The van der Waals surface area contributed by atoms with Gasteiger partial charge in [-0.25, -0.2) is 0 Å². The number of aromatic nitrogens is 2. The Morgan fingerprint density at radius 1 is 1.24 bits per heavy atom. The average Bonchev–Trinajstić information content (AvgIpc) is 2.51. The molecule has 3 N–H and O–H groups in total. The summed E-state index contributed by atoms with van der Waals surface area (Å²) in [5, 5.41) is 6.68. The maximum Gasteiger partial charge on any atom is 0.271 e. The van der Waals surface area contributed by atoms with Gasteiger partial charge in [0.15, 0.2) is 0 Å². The van der Waals surface area contributed by atoms with Gasteiger partial charge in [0.25, 0.3) is 5.56 Å². The molecule has 0 radical (unpaired) electrons. The van der Waals surface area contributed by atoms with Gasteiger partial charge in [-0.3, -0.25) is 9.78 Å². The fourth-order valence-corrected chi connectivity index (χ4v) is 2.50. The van der Waals surface area contributed by atoms with Crippen molar-refractivity contribution in [3.63, 3.8) is 0 Å². The van der Waals surface area contributed by atoms with E-state index in [-0.39, 0.29) is 18.0 Å². The molecule has 3 rings (SSSR count). The lowest BCUT2D eigenvalue weighted by molar-refractivity contribution is 0.479. The van der Waals surface area contributed by atoms with E-state index in [9.17, 15) is 4.79 Å². The fourth-order valence-electron chi connectivity index (χ4n) is 2.50. The van der Waals surface area contributed by atoms with Gasteiger partial charge in [-0.2, -0.15) is 0 Å². The first-order valence-corrected chi connectivity index (χ1v) is 6.93. The molecule has 0 amide bonds. The minimum atomic E-state index is -0.0756. The van der Waals surface area contributed by atoms with E-state index in [0.29, 0.717) is 11.7 Å². The fraction of sp³-hybridized carbons (Fsp3) is 0.333. The van der Waals surface area contributed by atoms with E-state index < -0.39 is 0 Å². The summed E-state index contributed by atoms with van der Waals surface area (Å²) in [6.07, 6.45) is 7.46. The molecule has 1 aliphatic rings. The van der Waals surface area contributed by atoms with Crippen LogP contribution in [0.1, 0.15) is 12.8 Å². The highest BCUT2D eigenvalue weighted by Crippen LogP contribution is 2.19. The number of hydrogen-bond donors (Lipinski definition) is 3. The SMILES string of the molecule is Cl.O=c1[nH]cc(-c2ccncc2)cc1N[C@@H]1CCCNC1.